The molecule has 0 aromatic heterocycles. The summed E-state index contributed by atoms with van der Waals surface area (Å²) in [7, 11) is 0. The molecule has 1 heterocycles. The molecule has 4 heteroatoms. The van der Waals surface area contributed by atoms with Crippen LogP contribution < -0.4 is 0 Å². The number of ketones is 2. The summed E-state index contributed by atoms with van der Waals surface area (Å²) in [5.74, 6) is 2.76. The van der Waals surface area contributed by atoms with Crippen molar-refractivity contribution in [1.29, 1.82) is 0 Å². The predicted octanol–water partition coefficient (Wildman–Crippen LogP) is 5.04. The summed E-state index contributed by atoms with van der Waals surface area (Å²) in [5.41, 5.74) is 2.85. The molecule has 2 nitrogen and oxygen atoms in total. The van der Waals surface area contributed by atoms with E-state index in [1.807, 2.05) is 0 Å². The fourth-order valence-corrected chi connectivity index (χ4v) is 5.99. The monoisotopic (exact) mass is 336 g/mol. The van der Waals surface area contributed by atoms with Crippen LogP contribution in [0.15, 0.2) is 21.0 Å². The number of hydrogen-bond donors (Lipinski definition) is 0. The third kappa shape index (κ3) is 3.88. The van der Waals surface area contributed by atoms with Gasteiger partial charge in [-0.1, -0.05) is 17.6 Å². The molecule has 2 aliphatic carbocycles. The summed E-state index contributed by atoms with van der Waals surface area (Å²) in [4.78, 5) is 26.2. The summed E-state index contributed by atoms with van der Waals surface area (Å²) >= 11 is 3.54. The Kier molecular flexibility index (Phi) is 5.86. The van der Waals surface area contributed by atoms with Gasteiger partial charge < -0.3 is 0 Å². The van der Waals surface area contributed by atoms with Crippen molar-refractivity contribution in [2.75, 3.05) is 11.5 Å². The van der Waals surface area contributed by atoms with Gasteiger partial charge in [0.2, 0.25) is 0 Å². The molecule has 0 saturated heterocycles. The molecule has 120 valence electrons. The maximum Gasteiger partial charge on any atom is 0.169 e. The van der Waals surface area contributed by atoms with Crippen LogP contribution in [0.3, 0.4) is 0 Å². The lowest BCUT2D eigenvalue weighted by Gasteiger charge is -2.10. The molecule has 0 spiro atoms. The van der Waals surface area contributed by atoms with Crippen molar-refractivity contribution >= 4 is 35.1 Å². The zero-order valence-electron chi connectivity index (χ0n) is 13.1. The fraction of sp³-hybridized carbons (Fsp3) is 0.667. The second-order valence-corrected chi connectivity index (χ2v) is 8.53. The smallest absolute Gasteiger partial charge is 0.169 e. The van der Waals surface area contributed by atoms with Gasteiger partial charge in [0, 0.05) is 22.7 Å². The first-order valence-electron chi connectivity index (χ1n) is 8.52. The first kappa shape index (κ1) is 16.4. The SMILES string of the molecule is O=C1CCC2=C1SCCCSC1=C(CCCCC2)CCC1=O. The average Bonchev–Trinajstić information content (AvgIpc) is 3.03. The maximum atomic E-state index is 12.0. The topological polar surface area (TPSA) is 34.1 Å². The summed E-state index contributed by atoms with van der Waals surface area (Å²) in [5, 5.41) is 0. The largest absolute Gasteiger partial charge is 0.294 e. The van der Waals surface area contributed by atoms with Crippen LogP contribution in [-0.4, -0.2) is 23.1 Å². The Bertz CT molecular complexity index is 485. The van der Waals surface area contributed by atoms with Gasteiger partial charge in [-0.15, -0.1) is 23.5 Å². The van der Waals surface area contributed by atoms with Crippen LogP contribution in [0.2, 0.25) is 0 Å². The number of carbonyl (C=O) groups is 2. The van der Waals surface area contributed by atoms with Crippen LogP contribution in [0.5, 0.6) is 0 Å². The highest BCUT2D eigenvalue weighted by atomic mass is 32.2. The van der Waals surface area contributed by atoms with Gasteiger partial charge >= 0.3 is 0 Å². The van der Waals surface area contributed by atoms with Gasteiger partial charge in [0.25, 0.3) is 0 Å². The second kappa shape index (κ2) is 7.87. The summed E-state index contributed by atoms with van der Waals surface area (Å²) in [6.45, 7) is 0. The molecule has 0 aromatic carbocycles. The van der Waals surface area contributed by atoms with E-state index in [0.717, 1.165) is 66.3 Å². The first-order valence-corrected chi connectivity index (χ1v) is 10.5. The summed E-state index contributed by atoms with van der Waals surface area (Å²) in [6.07, 6.45) is 10.3. The number of hydrogen-bond acceptors (Lipinski definition) is 4. The van der Waals surface area contributed by atoms with Gasteiger partial charge in [-0.05, 0) is 56.5 Å². The molecule has 0 saturated carbocycles. The van der Waals surface area contributed by atoms with E-state index in [-0.39, 0.29) is 0 Å². The van der Waals surface area contributed by atoms with Crippen molar-refractivity contribution in [1.82, 2.24) is 0 Å². The molecule has 0 radical (unpaired) electrons. The van der Waals surface area contributed by atoms with E-state index in [0.29, 0.717) is 11.6 Å². The number of carbonyl (C=O) groups excluding carboxylic acids is 2. The Morgan fingerprint density at radius 2 is 1.05 bits per heavy atom. The normalized spacial score (nSPS) is 25.3. The van der Waals surface area contributed by atoms with Gasteiger partial charge in [-0.25, -0.2) is 0 Å². The van der Waals surface area contributed by atoms with Crippen LogP contribution in [0.1, 0.15) is 64.2 Å². The van der Waals surface area contributed by atoms with Crippen molar-refractivity contribution in [3.05, 3.63) is 21.0 Å². The summed E-state index contributed by atoms with van der Waals surface area (Å²) < 4.78 is 0. The van der Waals surface area contributed by atoms with Crippen molar-refractivity contribution in [3.8, 4) is 0 Å². The van der Waals surface area contributed by atoms with Crippen LogP contribution in [-0.2, 0) is 9.59 Å². The molecule has 0 amide bonds. The van der Waals surface area contributed by atoms with Gasteiger partial charge in [-0.2, -0.15) is 0 Å². The molecule has 0 aromatic rings. The molecule has 3 rings (SSSR count). The molecule has 0 N–H and O–H groups in total. The molecule has 3 aliphatic rings. The lowest BCUT2D eigenvalue weighted by Crippen LogP contribution is -1.97. The molecule has 0 fully saturated rings. The second-order valence-electron chi connectivity index (χ2n) is 6.32. The minimum Gasteiger partial charge on any atom is -0.294 e. The van der Waals surface area contributed by atoms with E-state index in [4.69, 9.17) is 0 Å². The molecule has 0 unspecified atom stereocenters. The molecule has 22 heavy (non-hydrogen) atoms. The quantitative estimate of drug-likeness (QED) is 0.620. The van der Waals surface area contributed by atoms with Gasteiger partial charge in [0.05, 0.1) is 0 Å². The maximum absolute atomic E-state index is 12.0. The average molecular weight is 337 g/mol. The Morgan fingerprint density at radius 3 is 1.55 bits per heavy atom. The van der Waals surface area contributed by atoms with Crippen molar-refractivity contribution in [3.63, 3.8) is 0 Å². The van der Waals surface area contributed by atoms with E-state index < -0.39 is 0 Å². The molecule has 0 atom stereocenters. The predicted molar refractivity (Wildman–Crippen MR) is 95.2 cm³/mol. The van der Waals surface area contributed by atoms with E-state index in [1.165, 1.54) is 30.4 Å². The Morgan fingerprint density at radius 1 is 0.545 bits per heavy atom. The zero-order valence-corrected chi connectivity index (χ0v) is 14.8. The van der Waals surface area contributed by atoms with E-state index in [2.05, 4.69) is 0 Å². The Hall–Kier alpha value is -0.480. The van der Waals surface area contributed by atoms with Crippen LogP contribution >= 0.6 is 23.5 Å². The van der Waals surface area contributed by atoms with Gasteiger partial charge in [-0.3, -0.25) is 9.59 Å². The van der Waals surface area contributed by atoms with Gasteiger partial charge in [0.1, 0.15) is 0 Å². The number of rotatable bonds is 0. The summed E-state index contributed by atoms with van der Waals surface area (Å²) in [6, 6.07) is 0. The van der Waals surface area contributed by atoms with E-state index >= 15 is 0 Å². The minimum absolute atomic E-state index is 0.371. The lowest BCUT2D eigenvalue weighted by atomic mass is 10.0. The third-order valence-corrected chi connectivity index (χ3v) is 7.29. The van der Waals surface area contributed by atoms with Crippen LogP contribution in [0, 0.1) is 0 Å². The lowest BCUT2D eigenvalue weighted by molar-refractivity contribution is -0.115. The molecule has 0 bridgehead atoms. The Labute approximate surface area is 141 Å². The molecular weight excluding hydrogens is 312 g/mol. The molecule has 1 aliphatic heterocycles. The third-order valence-electron chi connectivity index (χ3n) is 4.69. The zero-order chi connectivity index (χ0) is 15.4. The highest BCUT2D eigenvalue weighted by Crippen LogP contribution is 2.38. The van der Waals surface area contributed by atoms with Crippen LogP contribution in [0.4, 0.5) is 0 Å². The van der Waals surface area contributed by atoms with Gasteiger partial charge in [0.15, 0.2) is 11.6 Å². The highest BCUT2D eigenvalue weighted by molar-refractivity contribution is 8.04. The van der Waals surface area contributed by atoms with E-state index in [9.17, 15) is 9.59 Å². The number of allylic oxidation sites excluding steroid dienone is 4. The van der Waals surface area contributed by atoms with Crippen molar-refractivity contribution in [2.24, 2.45) is 0 Å². The highest BCUT2D eigenvalue weighted by Gasteiger charge is 2.25. The van der Waals surface area contributed by atoms with Crippen LogP contribution in [0.25, 0.3) is 0 Å². The van der Waals surface area contributed by atoms with E-state index in [1.54, 1.807) is 23.5 Å². The fourth-order valence-electron chi connectivity index (χ4n) is 3.48. The number of thioether (sulfide) groups is 2. The first-order chi connectivity index (χ1) is 10.8. The van der Waals surface area contributed by atoms with Crippen molar-refractivity contribution in [2.45, 2.75) is 64.2 Å². The molecular formula is C18H24O2S2. The number of Topliss-reactive ketones (excluding diaryl/α,β-unsaturated/α-hetero) is 2. The Balaban J connectivity index is 1.64. The standard InChI is InChI=1S/C18H24O2S2/c19-15-9-7-13-5-2-1-3-6-14-8-10-16(20)18(14)22-12-4-11-21-17(13)15/h1-12H2. The minimum atomic E-state index is 0.371. The van der Waals surface area contributed by atoms with Crippen molar-refractivity contribution < 1.29 is 9.59 Å².